The predicted octanol–water partition coefficient (Wildman–Crippen LogP) is 0.433. The zero-order valence-electron chi connectivity index (χ0n) is 7.32. The van der Waals surface area contributed by atoms with Crippen molar-refractivity contribution >= 4 is 39.7 Å². The minimum atomic E-state index is -3.80. The minimum absolute atomic E-state index is 0. The molecule has 13 heavy (non-hydrogen) atoms. The Morgan fingerprint density at radius 3 is 2.23 bits per heavy atom. The van der Waals surface area contributed by atoms with Crippen LogP contribution in [-0.4, -0.2) is 61.5 Å². The Bertz CT molecular complexity index is 191. The second kappa shape index (κ2) is 9.43. The number of unbranched alkanes of at least 4 members (excludes halogenated alkanes) is 1. The zero-order chi connectivity index (χ0) is 9.45. The van der Waals surface area contributed by atoms with Crippen molar-refractivity contribution in [1.82, 2.24) is 0 Å². The van der Waals surface area contributed by atoms with Crippen molar-refractivity contribution in [3.63, 3.8) is 0 Å². The van der Waals surface area contributed by atoms with Crippen molar-refractivity contribution in [3.8, 4) is 0 Å². The molecule has 0 unspecified atom stereocenters. The number of rotatable bonds is 7. The van der Waals surface area contributed by atoms with Gasteiger partial charge in [-0.1, -0.05) is 13.3 Å². The maximum atomic E-state index is 10.2. The molecule has 0 saturated heterocycles. The van der Waals surface area contributed by atoms with Crippen molar-refractivity contribution in [2.45, 2.75) is 26.2 Å². The standard InChI is InChI=1S/C7H16O4S.Na.H/c1-2-3-5-11-6-4-7-12(8,9)10;;/h2-7H2,1H3,(H,8,9,10);;. The van der Waals surface area contributed by atoms with Crippen LogP contribution in [0.15, 0.2) is 0 Å². The van der Waals surface area contributed by atoms with Crippen molar-refractivity contribution in [3.05, 3.63) is 0 Å². The van der Waals surface area contributed by atoms with Gasteiger partial charge in [0.1, 0.15) is 0 Å². The van der Waals surface area contributed by atoms with Gasteiger partial charge in [0.25, 0.3) is 10.1 Å². The topological polar surface area (TPSA) is 63.6 Å². The van der Waals surface area contributed by atoms with Crippen LogP contribution < -0.4 is 0 Å². The van der Waals surface area contributed by atoms with E-state index in [1.807, 2.05) is 0 Å². The van der Waals surface area contributed by atoms with Gasteiger partial charge in [0.2, 0.25) is 0 Å². The molecule has 0 aromatic carbocycles. The zero-order valence-corrected chi connectivity index (χ0v) is 8.14. The van der Waals surface area contributed by atoms with E-state index in [-0.39, 0.29) is 35.3 Å². The Balaban J connectivity index is 0. The first-order chi connectivity index (χ1) is 5.56. The predicted molar refractivity (Wildman–Crippen MR) is 53.9 cm³/mol. The van der Waals surface area contributed by atoms with Gasteiger partial charge in [-0.05, 0) is 12.8 Å². The van der Waals surface area contributed by atoms with E-state index in [4.69, 9.17) is 9.29 Å². The molecule has 0 aromatic rings. The number of ether oxygens (including phenoxy) is 1. The summed E-state index contributed by atoms with van der Waals surface area (Å²) in [5.74, 6) is -0.209. The van der Waals surface area contributed by atoms with Gasteiger partial charge in [0.05, 0.1) is 5.75 Å². The average molecular weight is 220 g/mol. The molecule has 1 N–H and O–H groups in total. The second-order valence-electron chi connectivity index (χ2n) is 2.61. The van der Waals surface area contributed by atoms with E-state index >= 15 is 0 Å². The molecular formula is C7H17NaO4S. The first-order valence-corrected chi connectivity index (χ1v) is 5.70. The molecule has 0 bridgehead atoms. The molecule has 0 aromatic heterocycles. The summed E-state index contributed by atoms with van der Waals surface area (Å²) in [5.41, 5.74) is 0. The first-order valence-electron chi connectivity index (χ1n) is 4.09. The van der Waals surface area contributed by atoms with E-state index in [0.29, 0.717) is 19.6 Å². The molecule has 0 rings (SSSR count). The van der Waals surface area contributed by atoms with Crippen molar-refractivity contribution in [2.75, 3.05) is 19.0 Å². The third kappa shape index (κ3) is 15.6. The van der Waals surface area contributed by atoms with Gasteiger partial charge in [0, 0.05) is 13.2 Å². The van der Waals surface area contributed by atoms with Gasteiger partial charge in [-0.15, -0.1) is 0 Å². The molecule has 0 fully saturated rings. The summed E-state index contributed by atoms with van der Waals surface area (Å²) in [6.45, 7) is 3.13. The van der Waals surface area contributed by atoms with Crippen LogP contribution in [-0.2, 0) is 14.9 Å². The Labute approximate surface area is 102 Å². The van der Waals surface area contributed by atoms with Gasteiger partial charge in [-0.3, -0.25) is 4.55 Å². The monoisotopic (exact) mass is 220 g/mol. The summed E-state index contributed by atoms with van der Waals surface area (Å²) in [7, 11) is -3.80. The summed E-state index contributed by atoms with van der Waals surface area (Å²) < 4.78 is 33.9. The van der Waals surface area contributed by atoms with Crippen LogP contribution in [0.1, 0.15) is 26.2 Å². The Hall–Kier alpha value is 0.870. The summed E-state index contributed by atoms with van der Waals surface area (Å²) >= 11 is 0. The molecular weight excluding hydrogens is 203 g/mol. The number of hydrogen-bond donors (Lipinski definition) is 1. The molecule has 0 spiro atoms. The summed E-state index contributed by atoms with van der Waals surface area (Å²) in [5, 5.41) is 0. The molecule has 0 aliphatic rings. The van der Waals surface area contributed by atoms with Crippen LogP contribution in [0.3, 0.4) is 0 Å². The van der Waals surface area contributed by atoms with E-state index in [1.165, 1.54) is 0 Å². The third-order valence-electron chi connectivity index (χ3n) is 1.33. The van der Waals surface area contributed by atoms with Crippen LogP contribution in [0.5, 0.6) is 0 Å². The van der Waals surface area contributed by atoms with Gasteiger partial charge in [-0.2, -0.15) is 8.42 Å². The van der Waals surface area contributed by atoms with Crippen molar-refractivity contribution in [2.24, 2.45) is 0 Å². The quantitative estimate of drug-likeness (QED) is 0.384. The van der Waals surface area contributed by atoms with Gasteiger partial charge < -0.3 is 4.74 Å². The first kappa shape index (κ1) is 16.3. The Kier molecular flexibility index (Phi) is 11.8. The average Bonchev–Trinajstić information content (AvgIpc) is 1.94. The Morgan fingerprint density at radius 2 is 1.77 bits per heavy atom. The molecule has 0 radical (unpaired) electrons. The molecule has 0 heterocycles. The van der Waals surface area contributed by atoms with E-state index in [0.717, 1.165) is 12.8 Å². The second-order valence-corrected chi connectivity index (χ2v) is 4.18. The third-order valence-corrected chi connectivity index (χ3v) is 2.14. The van der Waals surface area contributed by atoms with Crippen LogP contribution >= 0.6 is 0 Å². The van der Waals surface area contributed by atoms with Crippen LogP contribution in [0.4, 0.5) is 0 Å². The molecule has 76 valence electrons. The molecule has 4 nitrogen and oxygen atoms in total. The fourth-order valence-corrected chi connectivity index (χ4v) is 1.17. The molecule has 0 amide bonds. The van der Waals surface area contributed by atoms with E-state index in [2.05, 4.69) is 6.92 Å². The van der Waals surface area contributed by atoms with E-state index in [1.54, 1.807) is 0 Å². The maximum absolute atomic E-state index is 10.2. The summed E-state index contributed by atoms with van der Waals surface area (Å²) in [6, 6.07) is 0. The van der Waals surface area contributed by atoms with Crippen LogP contribution in [0.25, 0.3) is 0 Å². The number of hydrogen-bond acceptors (Lipinski definition) is 3. The van der Waals surface area contributed by atoms with Gasteiger partial charge in [-0.25, -0.2) is 0 Å². The van der Waals surface area contributed by atoms with E-state index in [9.17, 15) is 8.42 Å². The molecule has 0 aliphatic carbocycles. The summed E-state index contributed by atoms with van der Waals surface area (Å²) in [4.78, 5) is 0. The van der Waals surface area contributed by atoms with Crippen LogP contribution in [0.2, 0.25) is 0 Å². The molecule has 0 saturated carbocycles. The van der Waals surface area contributed by atoms with Crippen molar-refractivity contribution < 1.29 is 17.7 Å². The van der Waals surface area contributed by atoms with Gasteiger partial charge >= 0.3 is 29.6 Å². The van der Waals surface area contributed by atoms with Crippen molar-refractivity contribution in [1.29, 1.82) is 0 Å². The molecule has 0 aliphatic heterocycles. The van der Waals surface area contributed by atoms with Crippen LogP contribution in [0, 0.1) is 0 Å². The summed E-state index contributed by atoms with van der Waals surface area (Å²) in [6.07, 6.45) is 2.42. The molecule has 6 heteroatoms. The SMILES string of the molecule is CCCCOCCCS(=O)(=O)O.[NaH]. The van der Waals surface area contributed by atoms with Gasteiger partial charge in [0.15, 0.2) is 0 Å². The fraction of sp³-hybridized carbons (Fsp3) is 1.00. The molecule has 0 atom stereocenters. The normalized spacial score (nSPS) is 10.9. The van der Waals surface area contributed by atoms with E-state index < -0.39 is 10.1 Å². The Morgan fingerprint density at radius 1 is 1.23 bits per heavy atom. The fourth-order valence-electron chi connectivity index (χ4n) is 0.692.